The lowest BCUT2D eigenvalue weighted by molar-refractivity contribution is 0.0691. The second-order valence-corrected chi connectivity index (χ2v) is 4.66. The van der Waals surface area contributed by atoms with Gasteiger partial charge in [-0.05, 0) is 12.1 Å². The third-order valence-corrected chi connectivity index (χ3v) is 3.38. The van der Waals surface area contributed by atoms with Crippen LogP contribution < -0.4 is 4.72 Å². The monoisotopic (exact) mass is 247 g/mol. The molecule has 0 fully saturated rings. The molecule has 7 heteroatoms. The van der Waals surface area contributed by atoms with Crippen LogP contribution in [0.4, 0.5) is 4.39 Å². The molecule has 0 aromatic heterocycles. The lowest BCUT2D eigenvalue weighted by Gasteiger charge is -2.06. The molecule has 1 rings (SSSR count). The summed E-state index contributed by atoms with van der Waals surface area (Å²) >= 11 is 0. The van der Waals surface area contributed by atoms with Crippen LogP contribution in [0.5, 0.6) is 0 Å². The normalized spacial score (nSPS) is 11.4. The van der Waals surface area contributed by atoms with Gasteiger partial charge in [0.25, 0.3) is 0 Å². The van der Waals surface area contributed by atoms with Gasteiger partial charge in [-0.15, -0.1) is 0 Å². The van der Waals surface area contributed by atoms with E-state index in [0.717, 1.165) is 12.1 Å². The van der Waals surface area contributed by atoms with E-state index < -0.39 is 32.3 Å². The maximum Gasteiger partial charge on any atom is 0.338 e. The minimum Gasteiger partial charge on any atom is -0.478 e. The molecular formula is C9H10FNO4S. The van der Waals surface area contributed by atoms with Gasteiger partial charge < -0.3 is 5.11 Å². The maximum atomic E-state index is 13.5. The number of halogens is 1. The van der Waals surface area contributed by atoms with Crippen molar-refractivity contribution in [3.05, 3.63) is 29.6 Å². The van der Waals surface area contributed by atoms with E-state index >= 15 is 0 Å². The zero-order valence-corrected chi connectivity index (χ0v) is 9.21. The maximum absolute atomic E-state index is 13.5. The smallest absolute Gasteiger partial charge is 0.338 e. The van der Waals surface area contributed by atoms with E-state index in [1.54, 1.807) is 0 Å². The molecule has 0 saturated heterocycles. The predicted octanol–water partition coefficient (Wildman–Crippen LogP) is 0.822. The number of benzene rings is 1. The van der Waals surface area contributed by atoms with Crippen LogP contribution in [0, 0.1) is 5.82 Å². The van der Waals surface area contributed by atoms with Crippen LogP contribution in [0.15, 0.2) is 23.1 Å². The second kappa shape index (κ2) is 4.58. The number of carboxylic acids is 1. The average Bonchev–Trinajstić information content (AvgIpc) is 2.17. The van der Waals surface area contributed by atoms with Crippen LogP contribution in [-0.2, 0) is 10.0 Å². The molecule has 1 aromatic rings. The Morgan fingerprint density at radius 2 is 2.12 bits per heavy atom. The lowest BCUT2D eigenvalue weighted by Crippen LogP contribution is -2.24. The molecule has 0 bridgehead atoms. The standard InChI is InChI=1S/C9H10FNO4S/c1-2-11-16(14,15)7-5-3-4-6(8(7)10)9(12)13/h3-5,11H,2H2,1H3,(H,12,13). The van der Waals surface area contributed by atoms with Gasteiger partial charge in [0.05, 0.1) is 5.56 Å². The molecular weight excluding hydrogens is 237 g/mol. The van der Waals surface area contributed by atoms with Gasteiger partial charge >= 0.3 is 5.97 Å². The minimum absolute atomic E-state index is 0.0963. The zero-order valence-electron chi connectivity index (χ0n) is 8.40. The zero-order chi connectivity index (χ0) is 12.3. The van der Waals surface area contributed by atoms with E-state index in [4.69, 9.17) is 5.11 Å². The topological polar surface area (TPSA) is 83.5 Å². The van der Waals surface area contributed by atoms with Crippen LogP contribution in [0.1, 0.15) is 17.3 Å². The van der Waals surface area contributed by atoms with Crippen molar-refractivity contribution in [1.82, 2.24) is 4.72 Å². The molecule has 0 atom stereocenters. The number of sulfonamides is 1. The third-order valence-electron chi connectivity index (χ3n) is 1.82. The first kappa shape index (κ1) is 12.6. The Kier molecular flexibility index (Phi) is 3.61. The highest BCUT2D eigenvalue weighted by molar-refractivity contribution is 7.89. The number of nitrogens with one attached hydrogen (secondary N) is 1. The highest BCUT2D eigenvalue weighted by Crippen LogP contribution is 2.17. The Morgan fingerprint density at radius 3 is 2.62 bits per heavy atom. The summed E-state index contributed by atoms with van der Waals surface area (Å²) in [5, 5.41) is 8.63. The van der Waals surface area contributed by atoms with Gasteiger partial charge in [0.15, 0.2) is 5.82 Å². The van der Waals surface area contributed by atoms with Crippen molar-refractivity contribution < 1.29 is 22.7 Å². The van der Waals surface area contributed by atoms with Crippen molar-refractivity contribution in [3.8, 4) is 0 Å². The van der Waals surface area contributed by atoms with Gasteiger partial charge in [0.2, 0.25) is 10.0 Å². The largest absolute Gasteiger partial charge is 0.478 e. The molecule has 0 spiro atoms. The van der Waals surface area contributed by atoms with Crippen molar-refractivity contribution in [3.63, 3.8) is 0 Å². The molecule has 0 aliphatic carbocycles. The lowest BCUT2D eigenvalue weighted by atomic mass is 10.2. The Labute approximate surface area is 92.0 Å². The number of aromatic carboxylic acids is 1. The first-order chi connectivity index (χ1) is 7.40. The van der Waals surface area contributed by atoms with Crippen LogP contribution in [-0.4, -0.2) is 26.0 Å². The van der Waals surface area contributed by atoms with Gasteiger partial charge in [0.1, 0.15) is 4.90 Å². The fourth-order valence-electron chi connectivity index (χ4n) is 1.15. The van der Waals surface area contributed by atoms with Crippen LogP contribution in [0.25, 0.3) is 0 Å². The Balaban J connectivity index is 3.37. The number of carbonyl (C=O) groups is 1. The van der Waals surface area contributed by atoms with E-state index in [1.807, 2.05) is 0 Å². The first-order valence-electron chi connectivity index (χ1n) is 4.41. The molecule has 0 aliphatic rings. The molecule has 0 aliphatic heterocycles. The quantitative estimate of drug-likeness (QED) is 0.825. The van der Waals surface area contributed by atoms with Crippen LogP contribution >= 0.6 is 0 Å². The van der Waals surface area contributed by atoms with E-state index in [1.165, 1.54) is 13.0 Å². The molecule has 88 valence electrons. The number of carboxylic acid groups (broad SMARTS) is 1. The van der Waals surface area contributed by atoms with Crippen molar-refractivity contribution in [2.24, 2.45) is 0 Å². The Bertz CT molecular complexity index is 512. The first-order valence-corrected chi connectivity index (χ1v) is 5.90. The van der Waals surface area contributed by atoms with Gasteiger partial charge in [-0.25, -0.2) is 22.3 Å². The fraction of sp³-hybridized carbons (Fsp3) is 0.222. The molecule has 0 unspecified atom stereocenters. The summed E-state index contributed by atoms with van der Waals surface area (Å²) in [5.41, 5.74) is -0.668. The van der Waals surface area contributed by atoms with E-state index in [-0.39, 0.29) is 6.54 Å². The summed E-state index contributed by atoms with van der Waals surface area (Å²) in [6.07, 6.45) is 0. The summed E-state index contributed by atoms with van der Waals surface area (Å²) in [6.45, 7) is 1.63. The highest BCUT2D eigenvalue weighted by atomic mass is 32.2. The highest BCUT2D eigenvalue weighted by Gasteiger charge is 2.22. The van der Waals surface area contributed by atoms with E-state index in [0.29, 0.717) is 0 Å². The third kappa shape index (κ3) is 2.37. The van der Waals surface area contributed by atoms with Crippen molar-refractivity contribution in [2.75, 3.05) is 6.54 Å². The molecule has 16 heavy (non-hydrogen) atoms. The average molecular weight is 247 g/mol. The van der Waals surface area contributed by atoms with Crippen LogP contribution in [0.3, 0.4) is 0 Å². The van der Waals surface area contributed by atoms with Crippen molar-refractivity contribution >= 4 is 16.0 Å². The summed E-state index contributed by atoms with van der Waals surface area (Å²) in [6, 6.07) is 3.19. The molecule has 1 aromatic carbocycles. The van der Waals surface area contributed by atoms with Gasteiger partial charge in [0, 0.05) is 6.54 Å². The summed E-state index contributed by atoms with van der Waals surface area (Å²) in [4.78, 5) is 9.95. The molecule has 0 saturated carbocycles. The predicted molar refractivity (Wildman–Crippen MR) is 54.2 cm³/mol. The van der Waals surface area contributed by atoms with Crippen LogP contribution in [0.2, 0.25) is 0 Å². The van der Waals surface area contributed by atoms with E-state index in [9.17, 15) is 17.6 Å². The van der Waals surface area contributed by atoms with Gasteiger partial charge in [-0.2, -0.15) is 0 Å². The minimum atomic E-state index is -3.99. The Morgan fingerprint density at radius 1 is 1.50 bits per heavy atom. The molecule has 0 amide bonds. The number of hydrogen-bond acceptors (Lipinski definition) is 3. The molecule has 0 radical (unpaired) electrons. The van der Waals surface area contributed by atoms with Gasteiger partial charge in [-0.3, -0.25) is 0 Å². The number of hydrogen-bond donors (Lipinski definition) is 2. The Hall–Kier alpha value is -1.47. The molecule has 5 nitrogen and oxygen atoms in total. The van der Waals surface area contributed by atoms with Crippen molar-refractivity contribution in [1.29, 1.82) is 0 Å². The van der Waals surface area contributed by atoms with Gasteiger partial charge in [-0.1, -0.05) is 13.0 Å². The second-order valence-electron chi connectivity index (χ2n) is 2.92. The fourth-order valence-corrected chi connectivity index (χ4v) is 2.29. The SMILES string of the molecule is CCNS(=O)(=O)c1cccc(C(=O)O)c1F. The molecule has 2 N–H and O–H groups in total. The summed E-state index contributed by atoms with van der Waals surface area (Å²) in [7, 11) is -3.99. The summed E-state index contributed by atoms with van der Waals surface area (Å²) < 4.78 is 38.6. The number of rotatable bonds is 4. The molecule has 0 heterocycles. The van der Waals surface area contributed by atoms with Crippen molar-refractivity contribution in [2.45, 2.75) is 11.8 Å². The van der Waals surface area contributed by atoms with E-state index in [2.05, 4.69) is 4.72 Å². The summed E-state index contributed by atoms with van der Waals surface area (Å²) in [5.74, 6) is -2.76.